The summed E-state index contributed by atoms with van der Waals surface area (Å²) in [5, 5.41) is 7.95. The van der Waals surface area contributed by atoms with Crippen molar-refractivity contribution in [3.63, 3.8) is 0 Å². The van der Waals surface area contributed by atoms with Gasteiger partial charge >= 0.3 is 0 Å². The van der Waals surface area contributed by atoms with Gasteiger partial charge in [0.15, 0.2) is 0 Å². The highest BCUT2D eigenvalue weighted by molar-refractivity contribution is 5.56. The molecule has 1 aromatic carbocycles. The molecule has 4 heteroatoms. The van der Waals surface area contributed by atoms with Crippen LogP contribution in [0.3, 0.4) is 0 Å². The number of benzene rings is 1. The summed E-state index contributed by atoms with van der Waals surface area (Å²) in [6.07, 6.45) is 0. The van der Waals surface area contributed by atoms with Gasteiger partial charge in [-0.25, -0.2) is 0 Å². The molecule has 78 valence electrons. The molecule has 15 heavy (non-hydrogen) atoms. The van der Waals surface area contributed by atoms with E-state index in [-0.39, 0.29) is 5.92 Å². The Kier molecular flexibility index (Phi) is 2.41. The molecule has 0 bridgehead atoms. The van der Waals surface area contributed by atoms with Crippen molar-refractivity contribution in [2.75, 3.05) is 5.73 Å². The van der Waals surface area contributed by atoms with Gasteiger partial charge in [-0.05, 0) is 24.3 Å². The summed E-state index contributed by atoms with van der Waals surface area (Å²) < 4.78 is 5.51. The molecule has 1 heterocycles. The lowest BCUT2D eigenvalue weighted by molar-refractivity contribution is 0.481. The molecule has 2 aromatic rings. The van der Waals surface area contributed by atoms with E-state index in [2.05, 4.69) is 10.2 Å². The maximum Gasteiger partial charge on any atom is 0.247 e. The van der Waals surface area contributed by atoms with Crippen molar-refractivity contribution in [2.24, 2.45) is 0 Å². The van der Waals surface area contributed by atoms with Gasteiger partial charge in [-0.15, -0.1) is 10.2 Å². The zero-order valence-electron chi connectivity index (χ0n) is 8.77. The van der Waals surface area contributed by atoms with Crippen molar-refractivity contribution in [1.82, 2.24) is 10.2 Å². The molecule has 0 amide bonds. The van der Waals surface area contributed by atoms with Crippen LogP contribution < -0.4 is 5.73 Å². The quantitative estimate of drug-likeness (QED) is 0.761. The summed E-state index contributed by atoms with van der Waals surface area (Å²) in [5.74, 6) is 1.44. The topological polar surface area (TPSA) is 64.9 Å². The fraction of sp³-hybridized carbons (Fsp3) is 0.273. The Morgan fingerprint density at radius 2 is 1.80 bits per heavy atom. The molecule has 0 radical (unpaired) electrons. The van der Waals surface area contributed by atoms with E-state index < -0.39 is 0 Å². The third-order valence-corrected chi connectivity index (χ3v) is 2.09. The van der Waals surface area contributed by atoms with E-state index in [9.17, 15) is 0 Å². The lowest BCUT2D eigenvalue weighted by atomic mass is 10.2. The summed E-state index contributed by atoms with van der Waals surface area (Å²) in [6, 6.07) is 7.36. The first-order valence-electron chi connectivity index (χ1n) is 4.86. The normalized spacial score (nSPS) is 10.9. The van der Waals surface area contributed by atoms with Gasteiger partial charge in [0, 0.05) is 17.2 Å². The number of anilines is 1. The molecule has 2 rings (SSSR count). The molecule has 0 aliphatic heterocycles. The standard InChI is InChI=1S/C11H13N3O/c1-7(2)10-13-14-11(15-10)8-3-5-9(12)6-4-8/h3-7H,12H2,1-2H3. The van der Waals surface area contributed by atoms with Gasteiger partial charge in [0.2, 0.25) is 11.8 Å². The van der Waals surface area contributed by atoms with E-state index in [1.807, 2.05) is 38.1 Å². The molecule has 0 saturated carbocycles. The van der Waals surface area contributed by atoms with Crippen molar-refractivity contribution in [1.29, 1.82) is 0 Å². The second-order valence-corrected chi connectivity index (χ2v) is 3.72. The predicted molar refractivity (Wildman–Crippen MR) is 58.2 cm³/mol. The first-order chi connectivity index (χ1) is 7.16. The van der Waals surface area contributed by atoms with Crippen LogP contribution in [0.15, 0.2) is 28.7 Å². The van der Waals surface area contributed by atoms with Crippen LogP contribution in [0.1, 0.15) is 25.7 Å². The minimum Gasteiger partial charge on any atom is -0.420 e. The minimum atomic E-state index is 0.250. The molecule has 0 aliphatic rings. The van der Waals surface area contributed by atoms with Crippen LogP contribution >= 0.6 is 0 Å². The smallest absolute Gasteiger partial charge is 0.247 e. The highest BCUT2D eigenvalue weighted by Gasteiger charge is 2.10. The Morgan fingerprint density at radius 3 is 2.33 bits per heavy atom. The van der Waals surface area contributed by atoms with E-state index in [1.165, 1.54) is 0 Å². The molecule has 0 unspecified atom stereocenters. The summed E-state index contributed by atoms with van der Waals surface area (Å²) in [4.78, 5) is 0. The predicted octanol–water partition coefficient (Wildman–Crippen LogP) is 2.44. The number of hydrogen-bond donors (Lipinski definition) is 1. The Morgan fingerprint density at radius 1 is 1.13 bits per heavy atom. The van der Waals surface area contributed by atoms with Crippen molar-refractivity contribution < 1.29 is 4.42 Å². The summed E-state index contributed by atoms with van der Waals surface area (Å²) in [7, 11) is 0. The average Bonchev–Trinajstić information content (AvgIpc) is 2.68. The SMILES string of the molecule is CC(C)c1nnc(-c2ccc(N)cc2)o1. The van der Waals surface area contributed by atoms with Crippen molar-refractivity contribution >= 4 is 5.69 Å². The van der Waals surface area contributed by atoms with Crippen LogP contribution in [0, 0.1) is 0 Å². The molecule has 0 fully saturated rings. The Labute approximate surface area is 88.1 Å². The van der Waals surface area contributed by atoms with Crippen LogP contribution in [0.4, 0.5) is 5.69 Å². The lowest BCUT2D eigenvalue weighted by Gasteiger charge is -1.96. The zero-order valence-corrected chi connectivity index (χ0v) is 8.77. The third kappa shape index (κ3) is 1.98. The molecule has 0 spiro atoms. The van der Waals surface area contributed by atoms with Crippen LogP contribution in [0.5, 0.6) is 0 Å². The van der Waals surface area contributed by atoms with Gasteiger partial charge in [-0.1, -0.05) is 13.8 Å². The van der Waals surface area contributed by atoms with E-state index in [4.69, 9.17) is 10.2 Å². The van der Waals surface area contributed by atoms with Gasteiger partial charge in [-0.2, -0.15) is 0 Å². The van der Waals surface area contributed by atoms with Crippen molar-refractivity contribution in [3.05, 3.63) is 30.2 Å². The molecule has 0 atom stereocenters. The maximum absolute atomic E-state index is 5.59. The first kappa shape index (κ1) is 9.71. The number of nitrogen functional groups attached to an aromatic ring is 1. The van der Waals surface area contributed by atoms with Crippen LogP contribution in [0.2, 0.25) is 0 Å². The van der Waals surface area contributed by atoms with Gasteiger partial charge in [-0.3, -0.25) is 0 Å². The number of rotatable bonds is 2. The second kappa shape index (κ2) is 3.73. The van der Waals surface area contributed by atoms with Crippen LogP contribution in [-0.4, -0.2) is 10.2 Å². The van der Waals surface area contributed by atoms with Gasteiger partial charge in [0.05, 0.1) is 0 Å². The fourth-order valence-electron chi connectivity index (χ4n) is 1.21. The Balaban J connectivity index is 2.33. The fourth-order valence-corrected chi connectivity index (χ4v) is 1.21. The number of hydrogen-bond acceptors (Lipinski definition) is 4. The molecule has 2 N–H and O–H groups in total. The van der Waals surface area contributed by atoms with Gasteiger partial charge in [0.25, 0.3) is 0 Å². The second-order valence-electron chi connectivity index (χ2n) is 3.72. The van der Waals surface area contributed by atoms with E-state index in [0.717, 1.165) is 11.3 Å². The lowest BCUT2D eigenvalue weighted by Crippen LogP contribution is -1.85. The van der Waals surface area contributed by atoms with E-state index >= 15 is 0 Å². The van der Waals surface area contributed by atoms with E-state index in [0.29, 0.717) is 11.8 Å². The Hall–Kier alpha value is -1.84. The van der Waals surface area contributed by atoms with Crippen LogP contribution in [-0.2, 0) is 0 Å². The number of nitrogens with two attached hydrogens (primary N) is 1. The van der Waals surface area contributed by atoms with Gasteiger partial charge in [0.1, 0.15) is 0 Å². The first-order valence-corrected chi connectivity index (χ1v) is 4.86. The highest BCUT2D eigenvalue weighted by atomic mass is 16.4. The molecule has 0 saturated heterocycles. The maximum atomic E-state index is 5.59. The number of aromatic nitrogens is 2. The van der Waals surface area contributed by atoms with E-state index in [1.54, 1.807) is 0 Å². The molecular weight excluding hydrogens is 190 g/mol. The molecule has 1 aromatic heterocycles. The van der Waals surface area contributed by atoms with Crippen LogP contribution in [0.25, 0.3) is 11.5 Å². The summed E-state index contributed by atoms with van der Waals surface area (Å²) in [6.45, 7) is 4.03. The largest absolute Gasteiger partial charge is 0.420 e. The zero-order chi connectivity index (χ0) is 10.8. The van der Waals surface area contributed by atoms with Gasteiger partial charge < -0.3 is 10.2 Å². The Bertz CT molecular complexity index is 445. The van der Waals surface area contributed by atoms with Crippen molar-refractivity contribution in [2.45, 2.75) is 19.8 Å². The highest BCUT2D eigenvalue weighted by Crippen LogP contribution is 2.21. The summed E-state index contributed by atoms with van der Waals surface area (Å²) in [5.41, 5.74) is 7.21. The third-order valence-electron chi connectivity index (χ3n) is 2.09. The molecule has 0 aliphatic carbocycles. The minimum absolute atomic E-state index is 0.250. The number of nitrogens with zero attached hydrogens (tertiary/aromatic N) is 2. The van der Waals surface area contributed by atoms with Crippen molar-refractivity contribution in [3.8, 4) is 11.5 Å². The summed E-state index contributed by atoms with van der Waals surface area (Å²) >= 11 is 0. The molecular formula is C11H13N3O. The monoisotopic (exact) mass is 203 g/mol. The average molecular weight is 203 g/mol. The molecule has 4 nitrogen and oxygen atoms in total.